The van der Waals surface area contributed by atoms with Crippen LogP contribution < -0.4 is 5.32 Å². The molecule has 1 aliphatic rings. The van der Waals surface area contributed by atoms with Gasteiger partial charge in [0, 0.05) is 12.2 Å². The molecule has 2 nitrogen and oxygen atoms in total. The molecule has 17 heavy (non-hydrogen) atoms. The van der Waals surface area contributed by atoms with Gasteiger partial charge in [-0.05, 0) is 49.7 Å². The van der Waals surface area contributed by atoms with Crippen molar-refractivity contribution in [1.82, 2.24) is 4.98 Å². The van der Waals surface area contributed by atoms with E-state index in [1.807, 2.05) is 6.92 Å². The van der Waals surface area contributed by atoms with Gasteiger partial charge in [-0.25, -0.2) is 4.98 Å². The van der Waals surface area contributed by atoms with Crippen molar-refractivity contribution >= 4 is 17.3 Å². The van der Waals surface area contributed by atoms with Crippen LogP contribution in [0.15, 0.2) is 12.3 Å². The van der Waals surface area contributed by atoms with E-state index < -0.39 is 0 Å². The zero-order valence-electron chi connectivity index (χ0n) is 10.8. The number of aromatic nitrogens is 1. The molecule has 1 aliphatic carbocycles. The minimum absolute atomic E-state index is 0.537. The Morgan fingerprint density at radius 2 is 1.88 bits per heavy atom. The Bertz CT molecular complexity index is 382. The Kier molecular flexibility index (Phi) is 3.93. The number of anilines is 1. The predicted octanol–water partition coefficient (Wildman–Crippen LogP) is 4.28. The van der Waals surface area contributed by atoms with E-state index in [9.17, 15) is 0 Å². The fraction of sp³-hybridized carbons (Fsp3) is 0.643. The molecule has 1 aromatic heterocycles. The molecular weight excluding hydrogens is 232 g/mol. The highest BCUT2D eigenvalue weighted by Crippen LogP contribution is 2.31. The van der Waals surface area contributed by atoms with Crippen LogP contribution in [-0.2, 0) is 0 Å². The summed E-state index contributed by atoms with van der Waals surface area (Å²) in [5, 5.41) is 4.14. The third kappa shape index (κ3) is 3.35. The second kappa shape index (κ2) is 5.26. The quantitative estimate of drug-likeness (QED) is 0.795. The molecule has 0 bridgehead atoms. The number of nitrogens with one attached hydrogen (secondary N) is 1. The van der Waals surface area contributed by atoms with Crippen LogP contribution in [0.4, 0.5) is 5.69 Å². The van der Waals surface area contributed by atoms with Crippen molar-refractivity contribution in [3.63, 3.8) is 0 Å². The van der Waals surface area contributed by atoms with Gasteiger partial charge in [0.2, 0.25) is 0 Å². The number of hydrogen-bond donors (Lipinski definition) is 1. The molecule has 0 saturated heterocycles. The number of pyridine rings is 1. The van der Waals surface area contributed by atoms with E-state index in [4.69, 9.17) is 11.6 Å². The van der Waals surface area contributed by atoms with Gasteiger partial charge >= 0.3 is 0 Å². The second-order valence-electron chi connectivity index (χ2n) is 5.61. The molecule has 0 amide bonds. The van der Waals surface area contributed by atoms with E-state index in [1.165, 1.54) is 19.3 Å². The van der Waals surface area contributed by atoms with Crippen molar-refractivity contribution in [1.29, 1.82) is 0 Å². The lowest BCUT2D eigenvalue weighted by Crippen LogP contribution is -2.30. The Labute approximate surface area is 109 Å². The molecule has 2 rings (SSSR count). The lowest BCUT2D eigenvalue weighted by atomic mass is 9.80. The van der Waals surface area contributed by atoms with Crippen molar-refractivity contribution in [3.05, 3.63) is 23.0 Å². The third-order valence-corrected chi connectivity index (χ3v) is 3.82. The fourth-order valence-electron chi connectivity index (χ4n) is 2.94. The Balaban J connectivity index is 2.07. The molecule has 2 unspecified atom stereocenters. The molecule has 1 heterocycles. The van der Waals surface area contributed by atoms with Gasteiger partial charge < -0.3 is 5.32 Å². The summed E-state index contributed by atoms with van der Waals surface area (Å²) in [5.41, 5.74) is 2.13. The first-order chi connectivity index (χ1) is 8.04. The maximum Gasteiger partial charge on any atom is 0.152 e. The molecule has 1 saturated carbocycles. The summed E-state index contributed by atoms with van der Waals surface area (Å²) in [4.78, 5) is 4.19. The standard InChI is InChI=1S/C14H21ClN2/c1-9-4-10(2)6-12(5-9)17-13-7-11(3)8-16-14(13)15/h7-10,12,17H,4-6H2,1-3H3. The number of nitrogens with zero attached hydrogens (tertiary/aromatic N) is 1. The highest BCUT2D eigenvalue weighted by molar-refractivity contribution is 6.31. The zero-order chi connectivity index (χ0) is 12.4. The molecule has 0 spiro atoms. The van der Waals surface area contributed by atoms with Crippen LogP contribution in [0.1, 0.15) is 38.7 Å². The minimum atomic E-state index is 0.537. The maximum atomic E-state index is 6.11. The van der Waals surface area contributed by atoms with E-state index in [0.717, 1.165) is 23.1 Å². The second-order valence-corrected chi connectivity index (χ2v) is 5.97. The van der Waals surface area contributed by atoms with Crippen molar-refractivity contribution in [2.24, 2.45) is 11.8 Å². The van der Waals surface area contributed by atoms with Crippen LogP contribution in [0.3, 0.4) is 0 Å². The van der Waals surface area contributed by atoms with Gasteiger partial charge in [0.15, 0.2) is 5.15 Å². The van der Waals surface area contributed by atoms with Crippen molar-refractivity contribution in [3.8, 4) is 0 Å². The van der Waals surface area contributed by atoms with Crippen LogP contribution in [0.2, 0.25) is 5.15 Å². The van der Waals surface area contributed by atoms with E-state index in [1.54, 1.807) is 6.20 Å². The van der Waals surface area contributed by atoms with Gasteiger partial charge in [0.05, 0.1) is 5.69 Å². The Morgan fingerprint density at radius 3 is 2.53 bits per heavy atom. The SMILES string of the molecule is Cc1cnc(Cl)c(NC2CC(C)CC(C)C2)c1. The maximum absolute atomic E-state index is 6.11. The van der Waals surface area contributed by atoms with E-state index in [-0.39, 0.29) is 0 Å². The molecule has 94 valence electrons. The summed E-state index contributed by atoms with van der Waals surface area (Å²) < 4.78 is 0. The molecule has 0 radical (unpaired) electrons. The molecule has 2 atom stereocenters. The van der Waals surface area contributed by atoms with Crippen molar-refractivity contribution < 1.29 is 0 Å². The van der Waals surface area contributed by atoms with E-state index in [2.05, 4.69) is 30.2 Å². The minimum Gasteiger partial charge on any atom is -0.380 e. The van der Waals surface area contributed by atoms with Gasteiger partial charge in [-0.3, -0.25) is 0 Å². The number of halogens is 1. The normalized spacial score (nSPS) is 29.1. The van der Waals surface area contributed by atoms with Crippen LogP contribution >= 0.6 is 11.6 Å². The first kappa shape index (κ1) is 12.7. The lowest BCUT2D eigenvalue weighted by molar-refractivity contribution is 0.281. The molecule has 1 N–H and O–H groups in total. The van der Waals surface area contributed by atoms with Gasteiger partial charge in [-0.15, -0.1) is 0 Å². The molecule has 1 fully saturated rings. The summed E-state index contributed by atoms with van der Waals surface area (Å²) >= 11 is 6.11. The highest BCUT2D eigenvalue weighted by atomic mass is 35.5. The van der Waals surface area contributed by atoms with Gasteiger partial charge in [-0.1, -0.05) is 25.4 Å². The number of aryl methyl sites for hydroxylation is 1. The van der Waals surface area contributed by atoms with Crippen molar-refractivity contribution in [2.75, 3.05) is 5.32 Å². The summed E-state index contributed by atoms with van der Waals surface area (Å²) in [6, 6.07) is 2.62. The van der Waals surface area contributed by atoms with Crippen LogP contribution in [0, 0.1) is 18.8 Å². The van der Waals surface area contributed by atoms with Crippen molar-refractivity contribution in [2.45, 2.75) is 46.1 Å². The summed E-state index contributed by atoms with van der Waals surface area (Å²) in [6.07, 6.45) is 5.61. The largest absolute Gasteiger partial charge is 0.380 e. The van der Waals surface area contributed by atoms with Gasteiger partial charge in [-0.2, -0.15) is 0 Å². The lowest BCUT2D eigenvalue weighted by Gasteiger charge is -2.32. The molecule has 3 heteroatoms. The Hall–Kier alpha value is -0.760. The van der Waals surface area contributed by atoms with Gasteiger partial charge in [0.1, 0.15) is 0 Å². The average Bonchev–Trinajstić information content (AvgIpc) is 2.22. The third-order valence-electron chi connectivity index (χ3n) is 3.51. The molecule has 0 aliphatic heterocycles. The zero-order valence-corrected chi connectivity index (χ0v) is 11.6. The first-order valence-corrected chi connectivity index (χ1v) is 6.81. The van der Waals surface area contributed by atoms with Crippen LogP contribution in [-0.4, -0.2) is 11.0 Å². The first-order valence-electron chi connectivity index (χ1n) is 6.43. The van der Waals surface area contributed by atoms with Crippen LogP contribution in [0.25, 0.3) is 0 Å². The smallest absolute Gasteiger partial charge is 0.152 e. The summed E-state index contributed by atoms with van der Waals surface area (Å²) in [5.74, 6) is 1.60. The predicted molar refractivity (Wildman–Crippen MR) is 73.6 cm³/mol. The molecular formula is C14H21ClN2. The highest BCUT2D eigenvalue weighted by Gasteiger charge is 2.24. The monoisotopic (exact) mass is 252 g/mol. The average molecular weight is 253 g/mol. The number of rotatable bonds is 2. The fourth-order valence-corrected chi connectivity index (χ4v) is 3.10. The Morgan fingerprint density at radius 1 is 1.24 bits per heavy atom. The molecule has 0 aromatic carbocycles. The number of hydrogen-bond acceptors (Lipinski definition) is 2. The molecule has 1 aromatic rings. The van der Waals surface area contributed by atoms with E-state index >= 15 is 0 Å². The topological polar surface area (TPSA) is 24.9 Å². The summed E-state index contributed by atoms with van der Waals surface area (Å²) in [7, 11) is 0. The summed E-state index contributed by atoms with van der Waals surface area (Å²) in [6.45, 7) is 6.71. The van der Waals surface area contributed by atoms with Crippen LogP contribution in [0.5, 0.6) is 0 Å². The van der Waals surface area contributed by atoms with Gasteiger partial charge in [0.25, 0.3) is 0 Å². The van der Waals surface area contributed by atoms with E-state index in [0.29, 0.717) is 11.2 Å².